The Balaban J connectivity index is 0.000000469. The van der Waals surface area contributed by atoms with Crippen molar-refractivity contribution in [1.29, 1.82) is 0 Å². The van der Waals surface area contributed by atoms with Crippen LogP contribution < -0.4 is 0 Å². The summed E-state index contributed by atoms with van der Waals surface area (Å²) in [5.41, 5.74) is 1.38. The van der Waals surface area contributed by atoms with Crippen LogP contribution in [0.25, 0.3) is 0 Å². The number of hydrogen-bond donors (Lipinski definition) is 0. The maximum Gasteiger partial charge on any atom is 0.419 e. The van der Waals surface area contributed by atoms with E-state index in [2.05, 4.69) is 52.9 Å². The predicted molar refractivity (Wildman–Crippen MR) is 139 cm³/mol. The Hall–Kier alpha value is -2.71. The second-order valence-corrected chi connectivity index (χ2v) is 10.7. The smallest absolute Gasteiger partial charge is 0.338 e. The molecule has 5 rings (SSSR count). The van der Waals surface area contributed by atoms with Gasteiger partial charge in [0.2, 0.25) is 0 Å². The number of carbonyl (C=O) groups excluding carboxylic acids is 1. The molecule has 2 saturated heterocycles. The van der Waals surface area contributed by atoms with Crippen molar-refractivity contribution < 1.29 is 22.4 Å². The van der Waals surface area contributed by atoms with E-state index < -0.39 is 23.5 Å². The van der Waals surface area contributed by atoms with E-state index in [1.54, 1.807) is 16.2 Å². The third-order valence-corrected chi connectivity index (χ3v) is 7.93. The van der Waals surface area contributed by atoms with Gasteiger partial charge in [-0.25, -0.2) is 4.39 Å². The fraction of sp³-hybridized carbons (Fsp3) is 0.414. The number of hydrogen-bond acceptors (Lipinski definition) is 3. The molecule has 3 heterocycles. The van der Waals surface area contributed by atoms with E-state index in [0.717, 1.165) is 45.0 Å². The first kappa shape index (κ1) is 27.3. The first-order chi connectivity index (χ1) is 17.7. The molecule has 2 aliphatic heterocycles. The monoisotopic (exact) mass is 532 g/mol. The van der Waals surface area contributed by atoms with Gasteiger partial charge in [-0.1, -0.05) is 30.3 Å². The maximum atomic E-state index is 13.8. The minimum atomic E-state index is -4.77. The fourth-order valence-electron chi connectivity index (χ4n) is 5.10. The summed E-state index contributed by atoms with van der Waals surface area (Å²) >= 11 is 1.74. The normalized spacial score (nSPS) is 18.9. The average molecular weight is 533 g/mol. The van der Waals surface area contributed by atoms with E-state index in [-0.39, 0.29) is 5.56 Å². The van der Waals surface area contributed by atoms with Crippen molar-refractivity contribution in [2.24, 2.45) is 5.92 Å². The molecule has 8 heteroatoms. The molecule has 1 aromatic heterocycles. The number of carbonyl (C=O) groups is 1. The van der Waals surface area contributed by atoms with Crippen molar-refractivity contribution in [1.82, 2.24) is 9.80 Å². The van der Waals surface area contributed by atoms with E-state index in [4.69, 9.17) is 0 Å². The van der Waals surface area contributed by atoms with Crippen molar-refractivity contribution in [2.75, 3.05) is 32.7 Å². The molecule has 3 nitrogen and oxygen atoms in total. The lowest BCUT2D eigenvalue weighted by atomic mass is 9.89. The number of alkyl halides is 3. The highest BCUT2D eigenvalue weighted by Gasteiger charge is 2.35. The lowest BCUT2D eigenvalue weighted by molar-refractivity contribution is -0.140. The summed E-state index contributed by atoms with van der Waals surface area (Å²) < 4.78 is 52.0. The highest BCUT2D eigenvalue weighted by molar-refractivity contribution is 7.07. The van der Waals surface area contributed by atoms with Crippen LogP contribution >= 0.6 is 11.3 Å². The summed E-state index contributed by atoms with van der Waals surface area (Å²) in [4.78, 5) is 16.7. The molecule has 1 amide bonds. The Labute approximate surface area is 219 Å². The van der Waals surface area contributed by atoms with Crippen LogP contribution in [0.5, 0.6) is 0 Å². The van der Waals surface area contributed by atoms with Crippen molar-refractivity contribution in [2.45, 2.75) is 38.3 Å². The summed E-state index contributed by atoms with van der Waals surface area (Å²) in [5.74, 6) is -0.890. The number of halogens is 4. The molecule has 2 aromatic carbocycles. The minimum absolute atomic E-state index is 0.0326. The van der Waals surface area contributed by atoms with Crippen LogP contribution in [0.4, 0.5) is 17.6 Å². The molecule has 1 atom stereocenters. The Morgan fingerprint density at radius 1 is 1.00 bits per heavy atom. The van der Waals surface area contributed by atoms with E-state index in [9.17, 15) is 22.4 Å². The first-order valence-corrected chi connectivity index (χ1v) is 13.6. The number of aryl methyl sites for hydroxylation is 1. The zero-order chi connectivity index (χ0) is 26.4. The van der Waals surface area contributed by atoms with Gasteiger partial charge in [-0.2, -0.15) is 24.5 Å². The van der Waals surface area contributed by atoms with Crippen LogP contribution in [0.1, 0.15) is 52.2 Å². The maximum absolute atomic E-state index is 13.8. The van der Waals surface area contributed by atoms with Crippen LogP contribution in [0.15, 0.2) is 65.4 Å². The Bertz CT molecular complexity index is 1140. The van der Waals surface area contributed by atoms with Crippen molar-refractivity contribution >= 4 is 17.2 Å². The topological polar surface area (TPSA) is 23.6 Å². The minimum Gasteiger partial charge on any atom is -0.338 e. The second kappa shape index (κ2) is 12.2. The van der Waals surface area contributed by atoms with Crippen LogP contribution in [0, 0.1) is 18.7 Å². The molecule has 1 unspecified atom stereocenters. The van der Waals surface area contributed by atoms with E-state index >= 15 is 0 Å². The summed E-state index contributed by atoms with van der Waals surface area (Å²) in [6.45, 7) is 6.15. The lowest BCUT2D eigenvalue weighted by Gasteiger charge is -2.33. The molecule has 198 valence electrons. The molecule has 0 saturated carbocycles. The molecule has 37 heavy (non-hydrogen) atoms. The largest absolute Gasteiger partial charge is 0.419 e. The second-order valence-electron chi connectivity index (χ2n) is 9.88. The number of thiophene rings is 1. The highest BCUT2D eigenvalue weighted by Crippen LogP contribution is 2.32. The zero-order valence-corrected chi connectivity index (χ0v) is 21.7. The van der Waals surface area contributed by atoms with Gasteiger partial charge in [0.1, 0.15) is 5.82 Å². The lowest BCUT2D eigenvalue weighted by Crippen LogP contribution is -2.37. The highest BCUT2D eigenvalue weighted by atomic mass is 32.1. The van der Waals surface area contributed by atoms with Gasteiger partial charge in [0.05, 0.1) is 5.56 Å². The summed E-state index contributed by atoms with van der Waals surface area (Å²) in [5, 5.41) is 4.20. The van der Waals surface area contributed by atoms with E-state index in [1.807, 2.05) is 6.07 Å². The Kier molecular flexibility index (Phi) is 9.03. The van der Waals surface area contributed by atoms with E-state index in [0.29, 0.717) is 37.1 Å². The fourth-order valence-corrected chi connectivity index (χ4v) is 5.76. The van der Waals surface area contributed by atoms with Crippen LogP contribution in [0.3, 0.4) is 0 Å². The molecule has 0 bridgehead atoms. The molecule has 0 spiro atoms. The number of nitrogens with zero attached hydrogens (tertiary/aromatic N) is 2. The van der Waals surface area contributed by atoms with Gasteiger partial charge in [-0.15, -0.1) is 0 Å². The Morgan fingerprint density at radius 2 is 1.73 bits per heavy atom. The van der Waals surface area contributed by atoms with Gasteiger partial charge in [0, 0.05) is 25.2 Å². The molecule has 2 aliphatic rings. The molecular weight excluding hydrogens is 500 g/mol. The molecule has 3 aromatic rings. The predicted octanol–water partition coefficient (Wildman–Crippen LogP) is 7.24. The van der Waals surface area contributed by atoms with Gasteiger partial charge in [-0.3, -0.25) is 4.79 Å². The standard InChI is InChI=1S/C24H26F4N2O.C5H6S/c25-22-14-20(6-7-21(22)24(26,27)28)23(31)30-13-8-17(16-30)15-29-11-9-19(10-12-29)18-4-2-1-3-5-18;1-5-2-3-6-4-5/h1-7,14,17,19H,8-13,15-16H2;2-4H,1H3. The molecule has 0 aliphatic carbocycles. The summed E-state index contributed by atoms with van der Waals surface area (Å²) in [6.07, 6.45) is -1.68. The van der Waals surface area contributed by atoms with Crippen molar-refractivity contribution in [3.05, 3.63) is 93.4 Å². The van der Waals surface area contributed by atoms with Gasteiger partial charge in [-0.05, 0) is 97.3 Å². The van der Waals surface area contributed by atoms with Crippen molar-refractivity contribution in [3.63, 3.8) is 0 Å². The molecule has 0 radical (unpaired) electrons. The van der Waals surface area contributed by atoms with Crippen molar-refractivity contribution in [3.8, 4) is 0 Å². The average Bonchev–Trinajstić information content (AvgIpc) is 3.56. The zero-order valence-electron chi connectivity index (χ0n) is 20.9. The summed E-state index contributed by atoms with van der Waals surface area (Å²) in [7, 11) is 0. The summed E-state index contributed by atoms with van der Waals surface area (Å²) in [6, 6.07) is 15.1. The quantitative estimate of drug-likeness (QED) is 0.331. The van der Waals surface area contributed by atoms with Gasteiger partial charge in [0.15, 0.2) is 0 Å². The number of amides is 1. The van der Waals surface area contributed by atoms with Gasteiger partial charge in [0.25, 0.3) is 5.91 Å². The number of benzene rings is 2. The van der Waals surface area contributed by atoms with Crippen LogP contribution in [0.2, 0.25) is 0 Å². The molecular formula is C29H32F4N2OS. The third-order valence-electron chi connectivity index (χ3n) is 7.13. The van der Waals surface area contributed by atoms with Gasteiger partial charge < -0.3 is 9.80 Å². The van der Waals surface area contributed by atoms with Crippen LogP contribution in [-0.2, 0) is 6.18 Å². The number of rotatable bonds is 4. The first-order valence-electron chi connectivity index (χ1n) is 12.6. The van der Waals surface area contributed by atoms with Gasteiger partial charge >= 0.3 is 6.18 Å². The van der Waals surface area contributed by atoms with E-state index in [1.165, 1.54) is 11.1 Å². The third kappa shape index (κ3) is 7.42. The molecule has 0 N–H and O–H groups in total. The number of piperidine rings is 1. The van der Waals surface area contributed by atoms with Crippen LogP contribution in [-0.4, -0.2) is 48.4 Å². The molecule has 2 fully saturated rings. The Morgan fingerprint density at radius 3 is 2.30 bits per heavy atom. The SMILES string of the molecule is Cc1ccsc1.O=C(c1ccc(C(F)(F)F)c(F)c1)N1CCC(CN2CCC(c3ccccc3)CC2)C1. The number of likely N-dealkylation sites (tertiary alicyclic amines) is 2.